The number of aromatic carboxylic acids is 1. The third kappa shape index (κ3) is 5.12. The van der Waals surface area contributed by atoms with Crippen molar-refractivity contribution < 1.29 is 23.8 Å². The Balaban J connectivity index is 1.52. The van der Waals surface area contributed by atoms with E-state index in [1.807, 2.05) is 0 Å². The molecule has 0 bridgehead atoms. The standard InChI is InChI=1S/C20H16ClNO5/c21-15-2-1-3-16(10-15)26-12-17-8-9-18(27-17)19(23)22-11-13-4-6-14(7-5-13)20(24)25/h1-10H,11-12H2,(H,22,23)(H,24,25). The van der Waals surface area contributed by atoms with Gasteiger partial charge in [0.05, 0.1) is 5.56 Å². The van der Waals surface area contributed by atoms with E-state index in [2.05, 4.69) is 5.32 Å². The van der Waals surface area contributed by atoms with Crippen LogP contribution in [0.1, 0.15) is 32.2 Å². The molecule has 1 heterocycles. The van der Waals surface area contributed by atoms with Crippen molar-refractivity contribution in [3.05, 3.63) is 88.3 Å². The summed E-state index contributed by atoms with van der Waals surface area (Å²) in [6.45, 7) is 0.429. The lowest BCUT2D eigenvalue weighted by molar-refractivity contribution is 0.0696. The maximum Gasteiger partial charge on any atom is 0.335 e. The van der Waals surface area contributed by atoms with E-state index < -0.39 is 5.97 Å². The summed E-state index contributed by atoms with van der Waals surface area (Å²) in [5, 5.41) is 12.2. The molecule has 0 aliphatic rings. The lowest BCUT2D eigenvalue weighted by atomic mass is 10.1. The van der Waals surface area contributed by atoms with E-state index in [1.165, 1.54) is 12.1 Å². The molecule has 3 rings (SSSR count). The number of carbonyl (C=O) groups is 2. The Morgan fingerprint density at radius 1 is 1.07 bits per heavy atom. The van der Waals surface area contributed by atoms with E-state index in [9.17, 15) is 9.59 Å². The number of ether oxygens (including phenoxy) is 1. The minimum absolute atomic E-state index is 0.168. The lowest BCUT2D eigenvalue weighted by Gasteiger charge is -2.05. The fourth-order valence-electron chi connectivity index (χ4n) is 2.32. The van der Waals surface area contributed by atoms with Crippen LogP contribution in [0.25, 0.3) is 0 Å². The fourth-order valence-corrected chi connectivity index (χ4v) is 2.50. The Kier molecular flexibility index (Phi) is 5.78. The third-order valence-corrected chi connectivity index (χ3v) is 3.95. The van der Waals surface area contributed by atoms with Gasteiger partial charge in [-0.15, -0.1) is 0 Å². The zero-order chi connectivity index (χ0) is 19.2. The number of hydrogen-bond acceptors (Lipinski definition) is 4. The summed E-state index contributed by atoms with van der Waals surface area (Å²) in [6, 6.07) is 16.5. The van der Waals surface area contributed by atoms with Gasteiger partial charge in [0.15, 0.2) is 5.76 Å². The summed E-state index contributed by atoms with van der Waals surface area (Å²) < 4.78 is 11.1. The number of hydrogen-bond donors (Lipinski definition) is 2. The first kappa shape index (κ1) is 18.5. The van der Waals surface area contributed by atoms with Crippen molar-refractivity contribution in [3.8, 4) is 5.75 Å². The van der Waals surface area contributed by atoms with Crippen molar-refractivity contribution in [1.82, 2.24) is 5.32 Å². The van der Waals surface area contributed by atoms with Gasteiger partial charge in [0.2, 0.25) is 0 Å². The molecular formula is C20H16ClNO5. The summed E-state index contributed by atoms with van der Waals surface area (Å²) in [5.41, 5.74) is 0.977. The van der Waals surface area contributed by atoms with Crippen LogP contribution in [0.5, 0.6) is 5.75 Å². The molecule has 0 aliphatic carbocycles. The number of carboxylic acids is 1. The van der Waals surface area contributed by atoms with Crippen LogP contribution in [-0.2, 0) is 13.2 Å². The van der Waals surface area contributed by atoms with E-state index >= 15 is 0 Å². The molecular weight excluding hydrogens is 370 g/mol. The lowest BCUT2D eigenvalue weighted by Crippen LogP contribution is -2.22. The van der Waals surface area contributed by atoms with Gasteiger partial charge in [0.25, 0.3) is 5.91 Å². The van der Waals surface area contributed by atoms with Crippen LogP contribution in [0.2, 0.25) is 5.02 Å². The predicted molar refractivity (Wildman–Crippen MR) is 99.1 cm³/mol. The van der Waals surface area contributed by atoms with Gasteiger partial charge in [-0.1, -0.05) is 29.8 Å². The first-order chi connectivity index (χ1) is 13.0. The van der Waals surface area contributed by atoms with E-state index in [0.29, 0.717) is 16.5 Å². The highest BCUT2D eigenvalue weighted by atomic mass is 35.5. The van der Waals surface area contributed by atoms with Crippen molar-refractivity contribution in [1.29, 1.82) is 0 Å². The molecule has 1 amide bonds. The van der Waals surface area contributed by atoms with Crippen molar-refractivity contribution in [3.63, 3.8) is 0 Å². The molecule has 138 valence electrons. The first-order valence-electron chi connectivity index (χ1n) is 8.09. The van der Waals surface area contributed by atoms with E-state index in [0.717, 1.165) is 5.56 Å². The number of benzene rings is 2. The predicted octanol–water partition coefficient (Wildman–Crippen LogP) is 4.14. The Morgan fingerprint density at radius 3 is 2.56 bits per heavy atom. The Labute approximate surface area is 160 Å². The van der Waals surface area contributed by atoms with E-state index in [-0.39, 0.29) is 30.4 Å². The van der Waals surface area contributed by atoms with Crippen LogP contribution in [0.15, 0.2) is 65.1 Å². The quantitative estimate of drug-likeness (QED) is 0.638. The topological polar surface area (TPSA) is 88.8 Å². The number of furan rings is 1. The summed E-state index contributed by atoms with van der Waals surface area (Å²) in [7, 11) is 0. The Hall–Kier alpha value is -3.25. The molecule has 0 aliphatic heterocycles. The molecule has 2 N–H and O–H groups in total. The number of carboxylic acid groups (broad SMARTS) is 1. The zero-order valence-electron chi connectivity index (χ0n) is 14.1. The minimum Gasteiger partial charge on any atom is -0.486 e. The van der Waals surface area contributed by atoms with Gasteiger partial charge in [-0.3, -0.25) is 4.79 Å². The van der Waals surface area contributed by atoms with Crippen molar-refractivity contribution >= 4 is 23.5 Å². The summed E-state index contributed by atoms with van der Waals surface area (Å²) in [4.78, 5) is 23.0. The number of carbonyl (C=O) groups excluding carboxylic acids is 1. The maximum atomic E-state index is 12.2. The van der Waals surface area contributed by atoms with Crippen LogP contribution in [0, 0.1) is 0 Å². The number of amides is 1. The summed E-state index contributed by atoms with van der Waals surface area (Å²) >= 11 is 5.90. The monoisotopic (exact) mass is 385 g/mol. The van der Waals surface area contributed by atoms with Gasteiger partial charge in [-0.25, -0.2) is 4.79 Å². The molecule has 0 saturated carbocycles. The molecule has 2 aromatic carbocycles. The maximum absolute atomic E-state index is 12.2. The van der Waals surface area contributed by atoms with Crippen LogP contribution in [-0.4, -0.2) is 17.0 Å². The molecule has 0 unspecified atom stereocenters. The molecule has 0 spiro atoms. The van der Waals surface area contributed by atoms with Crippen LogP contribution < -0.4 is 10.1 Å². The Morgan fingerprint density at radius 2 is 1.85 bits per heavy atom. The molecule has 27 heavy (non-hydrogen) atoms. The van der Waals surface area contributed by atoms with Crippen molar-refractivity contribution in [2.45, 2.75) is 13.2 Å². The molecule has 6 nitrogen and oxygen atoms in total. The molecule has 0 saturated heterocycles. The average Bonchev–Trinajstić information content (AvgIpc) is 3.14. The molecule has 0 fully saturated rings. The fraction of sp³-hybridized carbons (Fsp3) is 0.100. The van der Waals surface area contributed by atoms with E-state index in [1.54, 1.807) is 48.5 Å². The number of nitrogens with one attached hydrogen (secondary N) is 1. The minimum atomic E-state index is -0.992. The van der Waals surface area contributed by atoms with Gasteiger partial charge in [0.1, 0.15) is 18.1 Å². The third-order valence-electron chi connectivity index (χ3n) is 3.72. The smallest absolute Gasteiger partial charge is 0.335 e. The van der Waals surface area contributed by atoms with Crippen LogP contribution in [0.3, 0.4) is 0 Å². The van der Waals surface area contributed by atoms with Crippen molar-refractivity contribution in [2.75, 3.05) is 0 Å². The van der Waals surface area contributed by atoms with Gasteiger partial charge < -0.3 is 19.6 Å². The van der Waals surface area contributed by atoms with Gasteiger partial charge in [-0.05, 0) is 48.0 Å². The second-order valence-electron chi connectivity index (χ2n) is 5.70. The van der Waals surface area contributed by atoms with Gasteiger partial charge in [0, 0.05) is 11.6 Å². The molecule has 3 aromatic rings. The SMILES string of the molecule is O=C(O)c1ccc(CNC(=O)c2ccc(COc3cccc(Cl)c3)o2)cc1. The van der Waals surface area contributed by atoms with Crippen LogP contribution in [0.4, 0.5) is 0 Å². The molecule has 1 aromatic heterocycles. The zero-order valence-corrected chi connectivity index (χ0v) is 14.9. The van der Waals surface area contributed by atoms with Gasteiger partial charge in [-0.2, -0.15) is 0 Å². The molecule has 0 atom stereocenters. The largest absolute Gasteiger partial charge is 0.486 e. The second kappa shape index (κ2) is 8.42. The van der Waals surface area contributed by atoms with Crippen molar-refractivity contribution in [2.24, 2.45) is 0 Å². The van der Waals surface area contributed by atoms with Gasteiger partial charge >= 0.3 is 5.97 Å². The van der Waals surface area contributed by atoms with E-state index in [4.69, 9.17) is 25.9 Å². The second-order valence-corrected chi connectivity index (χ2v) is 6.13. The highest BCUT2D eigenvalue weighted by Gasteiger charge is 2.12. The summed E-state index contributed by atoms with van der Waals surface area (Å²) in [5.74, 6) is -0.0810. The summed E-state index contributed by atoms with van der Waals surface area (Å²) in [6.07, 6.45) is 0. The molecule has 7 heteroatoms. The van der Waals surface area contributed by atoms with Crippen LogP contribution >= 0.6 is 11.6 Å². The highest BCUT2D eigenvalue weighted by Crippen LogP contribution is 2.19. The average molecular weight is 386 g/mol. The Bertz CT molecular complexity index is 949. The normalized spacial score (nSPS) is 10.4. The number of rotatable bonds is 7. The highest BCUT2D eigenvalue weighted by molar-refractivity contribution is 6.30. The number of halogens is 1. The molecule has 0 radical (unpaired) electrons. The first-order valence-corrected chi connectivity index (χ1v) is 8.46.